The number of nitro benzene ring substituents is 1. The van der Waals surface area contributed by atoms with E-state index in [1.165, 1.54) is 28.8 Å². The molecule has 3 aromatic carbocycles. The molecule has 0 bridgehead atoms. The number of hydrogen-bond acceptors (Lipinski definition) is 6. The van der Waals surface area contributed by atoms with Gasteiger partial charge in [-0.15, -0.1) is 0 Å². The molecule has 0 aliphatic carbocycles. The highest BCUT2D eigenvalue weighted by Gasteiger charge is 2.34. The molecule has 0 saturated carbocycles. The Morgan fingerprint density at radius 1 is 1.03 bits per heavy atom. The van der Waals surface area contributed by atoms with Crippen LogP contribution in [0.1, 0.15) is 5.56 Å². The zero-order chi connectivity index (χ0) is 22.0. The summed E-state index contributed by atoms with van der Waals surface area (Å²) >= 11 is 14.2. The largest absolute Gasteiger partial charge is 0.276 e. The number of halogens is 1. The van der Waals surface area contributed by atoms with Crippen LogP contribution in [0.5, 0.6) is 0 Å². The van der Waals surface area contributed by atoms with Gasteiger partial charge in [-0.3, -0.25) is 19.8 Å². The first-order valence-electron chi connectivity index (χ1n) is 8.98. The van der Waals surface area contributed by atoms with Crippen molar-refractivity contribution in [3.63, 3.8) is 0 Å². The molecule has 1 amide bonds. The van der Waals surface area contributed by atoms with Gasteiger partial charge in [-0.05, 0) is 42.5 Å². The molecular weight excluding hydrogens is 472 g/mol. The molecule has 0 radical (unpaired) electrons. The smallest absolute Gasteiger partial charge is 0.268 e. The third-order valence-corrected chi connectivity index (χ3v) is 6.97. The zero-order valence-corrected chi connectivity index (χ0v) is 18.9. The average molecular weight is 485 g/mol. The first kappa shape index (κ1) is 21.6. The number of nitrogens with zero attached hydrogens (tertiary/aromatic N) is 2. The van der Waals surface area contributed by atoms with Crippen LogP contribution in [0.15, 0.2) is 87.5 Å². The van der Waals surface area contributed by atoms with Gasteiger partial charge in [0.15, 0.2) is 4.32 Å². The van der Waals surface area contributed by atoms with E-state index in [1.807, 2.05) is 30.3 Å². The summed E-state index contributed by atoms with van der Waals surface area (Å²) in [6.45, 7) is 0. The number of carbonyl (C=O) groups excluding carboxylic acids is 1. The van der Waals surface area contributed by atoms with Crippen LogP contribution >= 0.6 is 47.3 Å². The molecule has 31 heavy (non-hydrogen) atoms. The summed E-state index contributed by atoms with van der Waals surface area (Å²) in [6, 6.07) is 21.4. The van der Waals surface area contributed by atoms with Crippen molar-refractivity contribution < 1.29 is 9.72 Å². The summed E-state index contributed by atoms with van der Waals surface area (Å²) < 4.78 is 0.321. The maximum absolute atomic E-state index is 13.0. The SMILES string of the molecule is O=C1/C(=C/c2cc(Sc3ccccc3)ccc2[N+](=O)[O-])SC(=S)N1c1ccccc1Cl. The van der Waals surface area contributed by atoms with Crippen LogP contribution in [0, 0.1) is 10.1 Å². The third kappa shape index (κ3) is 4.67. The number of para-hydroxylation sites is 1. The van der Waals surface area contributed by atoms with E-state index in [9.17, 15) is 14.9 Å². The molecule has 1 fully saturated rings. The van der Waals surface area contributed by atoms with Gasteiger partial charge in [0.2, 0.25) is 0 Å². The zero-order valence-electron chi connectivity index (χ0n) is 15.7. The fourth-order valence-electron chi connectivity index (χ4n) is 2.95. The van der Waals surface area contributed by atoms with Gasteiger partial charge >= 0.3 is 0 Å². The van der Waals surface area contributed by atoms with E-state index in [4.69, 9.17) is 23.8 Å². The number of benzene rings is 3. The predicted octanol–water partition coefficient (Wildman–Crippen LogP) is 6.81. The Morgan fingerprint density at radius 2 is 1.74 bits per heavy atom. The molecule has 1 aliphatic rings. The number of amides is 1. The molecule has 0 N–H and O–H groups in total. The number of carbonyl (C=O) groups is 1. The first-order valence-corrected chi connectivity index (χ1v) is 11.4. The molecule has 0 spiro atoms. The summed E-state index contributed by atoms with van der Waals surface area (Å²) in [5, 5.41) is 12.0. The minimum absolute atomic E-state index is 0.0829. The molecule has 0 atom stereocenters. The number of nitro groups is 1. The summed E-state index contributed by atoms with van der Waals surface area (Å²) in [6.07, 6.45) is 1.52. The normalized spacial score (nSPS) is 15.0. The Bertz CT molecular complexity index is 1230. The molecule has 4 rings (SSSR count). The standard InChI is InChI=1S/C22H13ClN2O3S3/c23-17-8-4-5-9-19(17)24-21(26)20(31-22(24)29)13-14-12-16(10-11-18(14)25(27)28)30-15-6-2-1-3-7-15/h1-13H/b20-13-. The lowest BCUT2D eigenvalue weighted by Crippen LogP contribution is -2.27. The van der Waals surface area contributed by atoms with Crippen LogP contribution in [0.4, 0.5) is 11.4 Å². The van der Waals surface area contributed by atoms with Crippen LogP contribution in [-0.4, -0.2) is 15.2 Å². The van der Waals surface area contributed by atoms with Gasteiger partial charge in [0.05, 0.1) is 26.1 Å². The quantitative estimate of drug-likeness (QED) is 0.171. The van der Waals surface area contributed by atoms with E-state index < -0.39 is 4.92 Å². The van der Waals surface area contributed by atoms with Gasteiger partial charge in [-0.25, -0.2) is 0 Å². The van der Waals surface area contributed by atoms with E-state index >= 15 is 0 Å². The summed E-state index contributed by atoms with van der Waals surface area (Å²) in [4.78, 5) is 27.6. The van der Waals surface area contributed by atoms with E-state index in [-0.39, 0.29) is 11.6 Å². The molecule has 1 saturated heterocycles. The number of thiocarbonyl (C=S) groups is 1. The molecular formula is C22H13ClN2O3S3. The molecule has 9 heteroatoms. The van der Waals surface area contributed by atoms with Gasteiger partial charge in [0, 0.05) is 15.9 Å². The second-order valence-corrected chi connectivity index (χ2v) is 9.59. The Morgan fingerprint density at radius 3 is 2.45 bits per heavy atom. The van der Waals surface area contributed by atoms with Gasteiger partial charge < -0.3 is 0 Å². The minimum Gasteiger partial charge on any atom is -0.268 e. The van der Waals surface area contributed by atoms with Gasteiger partial charge in [-0.1, -0.05) is 77.7 Å². The summed E-state index contributed by atoms with van der Waals surface area (Å²) in [5.41, 5.74) is 0.740. The molecule has 3 aromatic rings. The van der Waals surface area contributed by atoms with E-state index in [2.05, 4.69) is 0 Å². The molecule has 1 heterocycles. The Hall–Kier alpha value is -2.65. The van der Waals surface area contributed by atoms with Crippen molar-refractivity contribution >= 4 is 75.0 Å². The fraction of sp³-hybridized carbons (Fsp3) is 0. The van der Waals surface area contributed by atoms with Gasteiger partial charge in [0.25, 0.3) is 11.6 Å². The van der Waals surface area contributed by atoms with Gasteiger partial charge in [-0.2, -0.15) is 0 Å². The molecule has 0 unspecified atom stereocenters. The van der Waals surface area contributed by atoms with Crippen LogP contribution in [0.25, 0.3) is 6.08 Å². The summed E-state index contributed by atoms with van der Waals surface area (Å²) in [5.74, 6) is -0.362. The van der Waals surface area contributed by atoms with Crippen molar-refractivity contribution in [3.8, 4) is 0 Å². The van der Waals surface area contributed by atoms with Crippen molar-refractivity contribution in [2.24, 2.45) is 0 Å². The van der Waals surface area contributed by atoms with Crippen molar-refractivity contribution in [3.05, 3.63) is 98.4 Å². The second kappa shape index (κ2) is 9.23. The fourth-order valence-corrected chi connectivity index (χ4v) is 5.34. The molecule has 154 valence electrons. The summed E-state index contributed by atoms with van der Waals surface area (Å²) in [7, 11) is 0. The monoisotopic (exact) mass is 484 g/mol. The number of anilines is 1. The van der Waals surface area contributed by atoms with Crippen molar-refractivity contribution in [2.45, 2.75) is 9.79 Å². The highest BCUT2D eigenvalue weighted by atomic mass is 35.5. The molecule has 1 aliphatic heterocycles. The maximum Gasteiger partial charge on any atom is 0.276 e. The Labute approximate surface area is 197 Å². The lowest BCUT2D eigenvalue weighted by molar-refractivity contribution is -0.385. The Kier molecular flexibility index (Phi) is 6.43. The van der Waals surface area contributed by atoms with Crippen LogP contribution in [-0.2, 0) is 4.79 Å². The average Bonchev–Trinajstić information content (AvgIpc) is 3.02. The minimum atomic E-state index is -0.461. The highest BCUT2D eigenvalue weighted by Crippen LogP contribution is 2.40. The van der Waals surface area contributed by atoms with Crippen LogP contribution < -0.4 is 4.90 Å². The predicted molar refractivity (Wildman–Crippen MR) is 131 cm³/mol. The van der Waals surface area contributed by atoms with Gasteiger partial charge in [0.1, 0.15) is 0 Å². The lowest BCUT2D eigenvalue weighted by atomic mass is 10.1. The first-order chi connectivity index (χ1) is 14.9. The van der Waals surface area contributed by atoms with Crippen LogP contribution in [0.2, 0.25) is 5.02 Å². The number of hydrogen-bond donors (Lipinski definition) is 0. The number of rotatable bonds is 5. The van der Waals surface area contributed by atoms with E-state index in [0.717, 1.165) is 21.6 Å². The van der Waals surface area contributed by atoms with Crippen molar-refractivity contribution in [2.75, 3.05) is 4.90 Å². The molecule has 5 nitrogen and oxygen atoms in total. The maximum atomic E-state index is 13.0. The molecule has 0 aromatic heterocycles. The lowest BCUT2D eigenvalue weighted by Gasteiger charge is -2.15. The van der Waals surface area contributed by atoms with E-state index in [0.29, 0.717) is 25.5 Å². The van der Waals surface area contributed by atoms with Crippen LogP contribution in [0.3, 0.4) is 0 Å². The van der Waals surface area contributed by atoms with E-state index in [1.54, 1.807) is 36.4 Å². The third-order valence-electron chi connectivity index (χ3n) is 4.35. The number of thioether (sulfide) groups is 1. The van der Waals surface area contributed by atoms with Crippen molar-refractivity contribution in [1.82, 2.24) is 0 Å². The second-order valence-electron chi connectivity index (χ2n) is 6.36. The van der Waals surface area contributed by atoms with Crippen molar-refractivity contribution in [1.29, 1.82) is 0 Å². The topological polar surface area (TPSA) is 63.4 Å². The highest BCUT2D eigenvalue weighted by molar-refractivity contribution is 8.27. The Balaban J connectivity index is 1.71.